The van der Waals surface area contributed by atoms with E-state index >= 15 is 0 Å². The third-order valence-electron chi connectivity index (χ3n) is 3.96. The fourth-order valence-corrected chi connectivity index (χ4v) is 4.34. The summed E-state index contributed by atoms with van der Waals surface area (Å²) in [6.45, 7) is 7.90. The predicted octanol–water partition coefficient (Wildman–Crippen LogP) is 4.19. The third-order valence-corrected chi connectivity index (χ3v) is 5.55. The highest BCUT2D eigenvalue weighted by molar-refractivity contribution is 8.00. The van der Waals surface area contributed by atoms with E-state index in [-0.39, 0.29) is 0 Å². The van der Waals surface area contributed by atoms with Crippen molar-refractivity contribution in [1.82, 2.24) is 5.32 Å². The zero-order valence-corrected chi connectivity index (χ0v) is 12.6. The van der Waals surface area contributed by atoms with Crippen molar-refractivity contribution < 1.29 is 0 Å². The summed E-state index contributed by atoms with van der Waals surface area (Å²) in [6, 6.07) is 9.60. The molecule has 1 saturated heterocycles. The number of aryl methyl sites for hydroxylation is 1. The van der Waals surface area contributed by atoms with Gasteiger partial charge in [-0.3, -0.25) is 0 Å². The molecule has 100 valence electrons. The van der Waals surface area contributed by atoms with Gasteiger partial charge in [0.2, 0.25) is 0 Å². The fraction of sp³-hybridized carbons (Fsp3) is 0.625. The maximum absolute atomic E-state index is 3.71. The molecule has 0 aromatic heterocycles. The molecule has 0 spiro atoms. The summed E-state index contributed by atoms with van der Waals surface area (Å²) in [7, 11) is 0. The first-order valence-corrected chi connectivity index (χ1v) is 8.14. The van der Waals surface area contributed by atoms with Crippen molar-refractivity contribution in [3.8, 4) is 0 Å². The maximum Gasteiger partial charge on any atom is 0.0466 e. The highest BCUT2D eigenvalue weighted by Gasteiger charge is 2.38. The van der Waals surface area contributed by atoms with Crippen LogP contribution in [0.25, 0.3) is 0 Å². The van der Waals surface area contributed by atoms with E-state index in [9.17, 15) is 0 Å². The van der Waals surface area contributed by atoms with Crippen LogP contribution in [0.2, 0.25) is 0 Å². The van der Waals surface area contributed by atoms with Gasteiger partial charge in [0.25, 0.3) is 0 Å². The lowest BCUT2D eigenvalue weighted by Crippen LogP contribution is -2.37. The third kappa shape index (κ3) is 2.92. The Morgan fingerprint density at radius 2 is 2.22 bits per heavy atom. The number of hydrogen-bond donors (Lipinski definition) is 1. The predicted molar refractivity (Wildman–Crippen MR) is 82.3 cm³/mol. The first-order valence-electron chi connectivity index (χ1n) is 7.16. The van der Waals surface area contributed by atoms with Crippen molar-refractivity contribution in [2.24, 2.45) is 0 Å². The molecule has 0 amide bonds. The first kappa shape index (κ1) is 14.0. The summed E-state index contributed by atoms with van der Waals surface area (Å²) in [5.41, 5.74) is 2.91. The number of nitrogens with one attached hydrogen (secondary N) is 1. The van der Waals surface area contributed by atoms with Crippen LogP contribution in [-0.2, 0) is 6.42 Å². The second kappa shape index (κ2) is 6.12. The van der Waals surface area contributed by atoms with Gasteiger partial charge in [-0.05, 0) is 49.6 Å². The van der Waals surface area contributed by atoms with E-state index < -0.39 is 0 Å². The summed E-state index contributed by atoms with van der Waals surface area (Å²) < 4.78 is 0.363. The molecular weight excluding hydrogens is 238 g/mol. The SMILES string of the molecule is CCNC(c1cccc(CC)c1)C1(C)CCCS1. The largest absolute Gasteiger partial charge is 0.309 e. The van der Waals surface area contributed by atoms with Crippen LogP contribution in [0.3, 0.4) is 0 Å². The number of thioether (sulfide) groups is 1. The Morgan fingerprint density at radius 3 is 2.83 bits per heavy atom. The van der Waals surface area contributed by atoms with Gasteiger partial charge >= 0.3 is 0 Å². The van der Waals surface area contributed by atoms with E-state index in [1.165, 1.54) is 29.7 Å². The Labute approximate surface area is 116 Å². The highest BCUT2D eigenvalue weighted by atomic mass is 32.2. The molecule has 0 radical (unpaired) electrons. The Bertz CT molecular complexity index is 382. The van der Waals surface area contributed by atoms with Crippen LogP contribution >= 0.6 is 11.8 Å². The van der Waals surface area contributed by atoms with Gasteiger partial charge in [-0.1, -0.05) is 38.1 Å². The van der Waals surface area contributed by atoms with E-state index in [1.54, 1.807) is 0 Å². The van der Waals surface area contributed by atoms with Crippen molar-refractivity contribution >= 4 is 11.8 Å². The van der Waals surface area contributed by atoms with Crippen LogP contribution in [0.5, 0.6) is 0 Å². The molecule has 2 heteroatoms. The molecule has 1 aliphatic rings. The topological polar surface area (TPSA) is 12.0 Å². The summed E-state index contributed by atoms with van der Waals surface area (Å²) >= 11 is 2.14. The number of rotatable bonds is 5. The number of benzene rings is 1. The van der Waals surface area contributed by atoms with Gasteiger partial charge in [0, 0.05) is 10.8 Å². The van der Waals surface area contributed by atoms with Crippen molar-refractivity contribution in [2.75, 3.05) is 12.3 Å². The lowest BCUT2D eigenvalue weighted by molar-refractivity contribution is 0.421. The Balaban J connectivity index is 2.28. The van der Waals surface area contributed by atoms with Gasteiger partial charge in [0.1, 0.15) is 0 Å². The van der Waals surface area contributed by atoms with Gasteiger partial charge in [0.15, 0.2) is 0 Å². The van der Waals surface area contributed by atoms with Crippen LogP contribution in [0.1, 0.15) is 50.8 Å². The van der Waals surface area contributed by atoms with Crippen LogP contribution < -0.4 is 5.32 Å². The summed E-state index contributed by atoms with van der Waals surface area (Å²) in [5.74, 6) is 1.31. The van der Waals surface area contributed by atoms with Crippen molar-refractivity contribution in [1.29, 1.82) is 0 Å². The molecule has 1 aromatic rings. The minimum atomic E-state index is 0.363. The van der Waals surface area contributed by atoms with E-state index in [0.717, 1.165) is 13.0 Å². The van der Waals surface area contributed by atoms with E-state index in [2.05, 4.69) is 62.1 Å². The molecule has 2 rings (SSSR count). The van der Waals surface area contributed by atoms with Gasteiger partial charge in [-0.25, -0.2) is 0 Å². The van der Waals surface area contributed by atoms with Gasteiger partial charge in [0.05, 0.1) is 0 Å². The molecule has 1 aliphatic heterocycles. The monoisotopic (exact) mass is 263 g/mol. The summed E-state index contributed by atoms with van der Waals surface area (Å²) in [5, 5.41) is 3.71. The second-order valence-electron chi connectivity index (χ2n) is 5.35. The molecule has 1 nitrogen and oxygen atoms in total. The van der Waals surface area contributed by atoms with E-state index in [0.29, 0.717) is 10.8 Å². The number of hydrogen-bond acceptors (Lipinski definition) is 2. The van der Waals surface area contributed by atoms with Gasteiger partial charge in [-0.15, -0.1) is 0 Å². The maximum atomic E-state index is 3.71. The smallest absolute Gasteiger partial charge is 0.0466 e. The molecule has 0 saturated carbocycles. The Kier molecular flexibility index (Phi) is 4.74. The molecule has 1 aromatic carbocycles. The fourth-order valence-electron chi connectivity index (χ4n) is 2.91. The molecule has 1 heterocycles. The van der Waals surface area contributed by atoms with E-state index in [4.69, 9.17) is 0 Å². The lowest BCUT2D eigenvalue weighted by Gasteiger charge is -2.34. The normalized spacial score (nSPS) is 25.3. The van der Waals surface area contributed by atoms with Crippen LogP contribution in [-0.4, -0.2) is 17.0 Å². The zero-order valence-electron chi connectivity index (χ0n) is 11.8. The standard InChI is InChI=1S/C16H25NS/c1-4-13-8-6-9-14(12-13)15(17-5-2)16(3)10-7-11-18-16/h6,8-9,12,15,17H,4-5,7,10-11H2,1-3H3. The minimum Gasteiger partial charge on any atom is -0.309 e. The lowest BCUT2D eigenvalue weighted by atomic mass is 9.89. The van der Waals surface area contributed by atoms with Crippen LogP contribution in [0.15, 0.2) is 24.3 Å². The zero-order chi connectivity index (χ0) is 13.0. The molecule has 2 unspecified atom stereocenters. The van der Waals surface area contributed by atoms with Crippen LogP contribution in [0.4, 0.5) is 0 Å². The molecular formula is C16H25NS. The molecule has 0 bridgehead atoms. The summed E-state index contributed by atoms with van der Waals surface area (Å²) in [4.78, 5) is 0. The minimum absolute atomic E-state index is 0.363. The molecule has 2 atom stereocenters. The quantitative estimate of drug-likeness (QED) is 0.855. The van der Waals surface area contributed by atoms with Crippen LogP contribution in [0, 0.1) is 0 Å². The van der Waals surface area contributed by atoms with Crippen molar-refractivity contribution in [3.05, 3.63) is 35.4 Å². The van der Waals surface area contributed by atoms with Gasteiger partial charge < -0.3 is 5.32 Å². The molecule has 18 heavy (non-hydrogen) atoms. The molecule has 1 N–H and O–H groups in total. The first-order chi connectivity index (χ1) is 8.69. The Morgan fingerprint density at radius 1 is 1.39 bits per heavy atom. The highest BCUT2D eigenvalue weighted by Crippen LogP contribution is 2.46. The van der Waals surface area contributed by atoms with Crippen molar-refractivity contribution in [3.63, 3.8) is 0 Å². The summed E-state index contributed by atoms with van der Waals surface area (Å²) in [6.07, 6.45) is 3.80. The Hall–Kier alpha value is -0.470. The van der Waals surface area contributed by atoms with Crippen molar-refractivity contribution in [2.45, 2.75) is 50.8 Å². The molecule has 1 fully saturated rings. The second-order valence-corrected chi connectivity index (χ2v) is 6.98. The average molecular weight is 263 g/mol. The average Bonchev–Trinajstić information content (AvgIpc) is 2.84. The molecule has 0 aliphatic carbocycles. The van der Waals surface area contributed by atoms with E-state index in [1.807, 2.05) is 0 Å². The van der Waals surface area contributed by atoms with Gasteiger partial charge in [-0.2, -0.15) is 11.8 Å².